The number of hydrogen-bond donors (Lipinski definition) is 0. The lowest BCUT2D eigenvalue weighted by molar-refractivity contribution is 0.621. The standard InChI is InChI=1S/C8H10S.Cl2O2S/c1-6-4-3-5-8(9)7(6)2;1-5(2,3)4/h3-5,7H,1-2H3;. The SMILES string of the molecule is CC1=CC=CC(=S)C1C.O=S(=O)(Cl)Cl. The average molecular weight is 273 g/mol. The Morgan fingerprint density at radius 1 is 1.43 bits per heavy atom. The van der Waals surface area contributed by atoms with Gasteiger partial charge >= 0.3 is 8.26 Å². The minimum Gasteiger partial charge on any atom is -0.195 e. The second kappa shape index (κ2) is 5.85. The molecule has 0 aromatic heterocycles. The summed E-state index contributed by atoms with van der Waals surface area (Å²) in [5.74, 6) is 0.477. The van der Waals surface area contributed by atoms with Gasteiger partial charge in [-0.1, -0.05) is 36.9 Å². The van der Waals surface area contributed by atoms with Crippen molar-refractivity contribution in [3.05, 3.63) is 23.8 Å². The number of allylic oxidation sites excluding steroid dienone is 4. The summed E-state index contributed by atoms with van der Waals surface area (Å²) in [6, 6.07) is 0. The molecule has 2 nitrogen and oxygen atoms in total. The van der Waals surface area contributed by atoms with E-state index in [4.69, 9.17) is 20.6 Å². The first kappa shape index (κ1) is 14.1. The van der Waals surface area contributed by atoms with Crippen LogP contribution in [0.4, 0.5) is 0 Å². The van der Waals surface area contributed by atoms with Crippen LogP contribution in [0, 0.1) is 5.92 Å². The molecule has 1 rings (SSSR count). The summed E-state index contributed by atoms with van der Waals surface area (Å²) < 4.78 is 18.3. The minimum absolute atomic E-state index is 0.477. The first-order valence-corrected chi connectivity index (χ1v) is 7.29. The molecule has 0 N–H and O–H groups in total. The Labute approximate surface area is 98.5 Å². The highest BCUT2D eigenvalue weighted by Gasteiger charge is 2.09. The highest BCUT2D eigenvalue weighted by Crippen LogP contribution is 2.16. The maximum Gasteiger partial charge on any atom is 0.317 e. The summed E-state index contributed by atoms with van der Waals surface area (Å²) in [6.07, 6.45) is 6.12. The van der Waals surface area contributed by atoms with Crippen LogP contribution in [-0.2, 0) is 8.26 Å². The molecule has 0 aliphatic heterocycles. The fourth-order valence-electron chi connectivity index (χ4n) is 0.808. The van der Waals surface area contributed by atoms with Gasteiger partial charge in [0, 0.05) is 32.1 Å². The Morgan fingerprint density at radius 2 is 1.86 bits per heavy atom. The Hall–Kier alpha value is 0.1000. The van der Waals surface area contributed by atoms with Crippen LogP contribution >= 0.6 is 33.6 Å². The third-order valence-corrected chi connectivity index (χ3v) is 2.22. The number of halogens is 2. The topological polar surface area (TPSA) is 34.1 Å². The van der Waals surface area contributed by atoms with E-state index in [1.165, 1.54) is 5.57 Å². The molecule has 1 aliphatic rings. The number of thiocarbonyl (C=S) groups is 1. The van der Waals surface area contributed by atoms with Gasteiger partial charge in [0.25, 0.3) is 0 Å². The van der Waals surface area contributed by atoms with E-state index in [-0.39, 0.29) is 0 Å². The van der Waals surface area contributed by atoms with Crippen molar-refractivity contribution in [2.24, 2.45) is 5.92 Å². The van der Waals surface area contributed by atoms with E-state index in [2.05, 4.69) is 41.3 Å². The zero-order valence-electron chi connectivity index (χ0n) is 7.70. The molecule has 0 bridgehead atoms. The van der Waals surface area contributed by atoms with Crippen molar-refractivity contribution < 1.29 is 8.42 Å². The highest BCUT2D eigenvalue weighted by atomic mass is 36.0. The lowest BCUT2D eigenvalue weighted by Gasteiger charge is -2.13. The van der Waals surface area contributed by atoms with Crippen molar-refractivity contribution in [3.8, 4) is 0 Å². The van der Waals surface area contributed by atoms with Crippen molar-refractivity contribution >= 4 is 46.7 Å². The molecule has 80 valence electrons. The van der Waals surface area contributed by atoms with Crippen LogP contribution in [0.25, 0.3) is 0 Å². The molecule has 6 heteroatoms. The molecule has 0 aromatic rings. The van der Waals surface area contributed by atoms with Crippen molar-refractivity contribution in [2.45, 2.75) is 13.8 Å². The fraction of sp³-hybridized carbons (Fsp3) is 0.375. The van der Waals surface area contributed by atoms with Gasteiger partial charge in [-0.05, 0) is 13.0 Å². The van der Waals surface area contributed by atoms with Crippen molar-refractivity contribution in [1.82, 2.24) is 0 Å². The number of hydrogen-bond acceptors (Lipinski definition) is 3. The molecule has 1 atom stereocenters. The fourth-order valence-corrected chi connectivity index (χ4v) is 1.07. The van der Waals surface area contributed by atoms with Crippen LogP contribution < -0.4 is 0 Å². The summed E-state index contributed by atoms with van der Waals surface area (Å²) >= 11 is 5.08. The van der Waals surface area contributed by atoms with Crippen LogP contribution in [0.3, 0.4) is 0 Å². The molecule has 0 amide bonds. The van der Waals surface area contributed by atoms with Gasteiger partial charge in [0.1, 0.15) is 0 Å². The Kier molecular flexibility index (Phi) is 5.90. The van der Waals surface area contributed by atoms with Crippen LogP contribution in [0.1, 0.15) is 13.8 Å². The first-order valence-electron chi connectivity index (χ1n) is 3.74. The predicted molar refractivity (Wildman–Crippen MR) is 65.3 cm³/mol. The van der Waals surface area contributed by atoms with E-state index in [0.29, 0.717) is 5.92 Å². The van der Waals surface area contributed by atoms with E-state index in [0.717, 1.165) is 4.86 Å². The molecule has 1 unspecified atom stereocenters. The van der Waals surface area contributed by atoms with E-state index in [1.807, 2.05) is 12.2 Å². The molecule has 0 aromatic carbocycles. The van der Waals surface area contributed by atoms with Crippen molar-refractivity contribution in [2.75, 3.05) is 0 Å². The molecule has 1 aliphatic carbocycles. The largest absolute Gasteiger partial charge is 0.317 e. The Balaban J connectivity index is 0.000000292. The molecule has 0 radical (unpaired) electrons. The summed E-state index contributed by atoms with van der Waals surface area (Å²) in [5, 5.41) is 0. The maximum atomic E-state index is 9.16. The van der Waals surface area contributed by atoms with Gasteiger partial charge in [-0.15, -0.1) is 0 Å². The minimum atomic E-state index is -3.72. The van der Waals surface area contributed by atoms with Crippen LogP contribution in [-0.4, -0.2) is 13.3 Å². The van der Waals surface area contributed by atoms with E-state index in [1.54, 1.807) is 0 Å². The zero-order chi connectivity index (χ0) is 11.4. The molecule has 0 fully saturated rings. The molecule has 0 saturated heterocycles. The molecule has 0 heterocycles. The van der Waals surface area contributed by atoms with Crippen LogP contribution in [0.5, 0.6) is 0 Å². The lowest BCUT2D eigenvalue weighted by Crippen LogP contribution is -2.09. The van der Waals surface area contributed by atoms with Gasteiger partial charge in [0.15, 0.2) is 0 Å². The lowest BCUT2D eigenvalue weighted by atomic mass is 9.95. The van der Waals surface area contributed by atoms with E-state index in [9.17, 15) is 0 Å². The molecule has 0 saturated carbocycles. The summed E-state index contributed by atoms with van der Waals surface area (Å²) in [4.78, 5) is 1.05. The van der Waals surface area contributed by atoms with Gasteiger partial charge in [-0.2, -0.15) is 8.42 Å². The van der Waals surface area contributed by atoms with Crippen molar-refractivity contribution in [1.29, 1.82) is 0 Å². The van der Waals surface area contributed by atoms with E-state index < -0.39 is 8.26 Å². The Bertz CT molecular complexity index is 361. The van der Waals surface area contributed by atoms with Gasteiger partial charge in [0.05, 0.1) is 0 Å². The molecular weight excluding hydrogens is 263 g/mol. The third-order valence-electron chi connectivity index (χ3n) is 1.73. The van der Waals surface area contributed by atoms with Gasteiger partial charge < -0.3 is 0 Å². The third kappa shape index (κ3) is 7.50. The van der Waals surface area contributed by atoms with E-state index >= 15 is 0 Å². The summed E-state index contributed by atoms with van der Waals surface area (Å²) in [6.45, 7) is 4.25. The van der Waals surface area contributed by atoms with Gasteiger partial charge in [-0.25, -0.2) is 0 Å². The summed E-state index contributed by atoms with van der Waals surface area (Å²) in [5.41, 5.74) is 1.36. The van der Waals surface area contributed by atoms with Crippen molar-refractivity contribution in [3.63, 3.8) is 0 Å². The first-order chi connectivity index (χ1) is 6.22. The second-order valence-corrected chi connectivity index (χ2v) is 6.91. The van der Waals surface area contributed by atoms with Gasteiger partial charge in [0.2, 0.25) is 0 Å². The quantitative estimate of drug-likeness (QED) is 0.502. The molecule has 0 spiro atoms. The molecular formula is C8H10Cl2O2S2. The zero-order valence-corrected chi connectivity index (χ0v) is 10.8. The van der Waals surface area contributed by atoms with Crippen LogP contribution in [0.2, 0.25) is 0 Å². The van der Waals surface area contributed by atoms with Crippen LogP contribution in [0.15, 0.2) is 23.8 Å². The normalized spacial score (nSPS) is 21.0. The van der Waals surface area contributed by atoms with Gasteiger partial charge in [-0.3, -0.25) is 0 Å². The maximum absolute atomic E-state index is 9.16. The monoisotopic (exact) mass is 272 g/mol. The second-order valence-electron chi connectivity index (χ2n) is 2.77. The Morgan fingerprint density at radius 3 is 2.14 bits per heavy atom. The smallest absolute Gasteiger partial charge is 0.195 e. The average Bonchev–Trinajstić information content (AvgIpc) is 1.97. The summed E-state index contributed by atoms with van der Waals surface area (Å²) in [7, 11) is 4.81. The predicted octanol–water partition coefficient (Wildman–Crippen LogP) is 3.22. The molecule has 14 heavy (non-hydrogen) atoms. The highest BCUT2D eigenvalue weighted by molar-refractivity contribution is 8.31. The number of rotatable bonds is 0.